The van der Waals surface area contributed by atoms with Crippen LogP contribution in [0.1, 0.15) is 22.6 Å². The Kier molecular flexibility index (Phi) is 3.66. The van der Waals surface area contributed by atoms with Crippen LogP contribution < -0.4 is 0 Å². The van der Waals surface area contributed by atoms with E-state index < -0.39 is 0 Å². The van der Waals surface area contributed by atoms with E-state index in [0.29, 0.717) is 0 Å². The first kappa shape index (κ1) is 11.5. The van der Waals surface area contributed by atoms with Crippen molar-refractivity contribution in [3.05, 3.63) is 65.5 Å². The highest BCUT2D eigenvalue weighted by Crippen LogP contribution is 2.21. The Morgan fingerprint density at radius 2 is 1.88 bits per heavy atom. The first-order valence-corrected chi connectivity index (χ1v) is 5.71. The number of aryl methyl sites for hydroxylation is 1. The molecule has 0 aliphatic heterocycles. The summed E-state index contributed by atoms with van der Waals surface area (Å²) in [5.74, 6) is -0.0707. The average molecular weight is 225 g/mol. The lowest BCUT2D eigenvalue weighted by molar-refractivity contribution is -0.109. The number of aromatic nitrogens is 1. The lowest BCUT2D eigenvalue weighted by Crippen LogP contribution is -2.06. The van der Waals surface area contributed by atoms with Gasteiger partial charge in [-0.3, -0.25) is 4.98 Å². The third kappa shape index (κ3) is 2.78. The van der Waals surface area contributed by atoms with E-state index in [2.05, 4.69) is 4.98 Å². The van der Waals surface area contributed by atoms with Crippen LogP contribution in [0.5, 0.6) is 0 Å². The van der Waals surface area contributed by atoms with Crippen molar-refractivity contribution in [1.82, 2.24) is 4.98 Å². The minimum absolute atomic E-state index is 0.0707. The molecular weight excluding hydrogens is 210 g/mol. The van der Waals surface area contributed by atoms with Crippen LogP contribution in [-0.4, -0.2) is 11.3 Å². The smallest absolute Gasteiger partial charge is 0.127 e. The average Bonchev–Trinajstić information content (AvgIpc) is 2.38. The SMILES string of the molecule is Cc1ccccc1C(C=O)Cc1ccncc1. The van der Waals surface area contributed by atoms with Crippen LogP contribution in [0.25, 0.3) is 0 Å². The Bertz CT molecular complexity index is 493. The van der Waals surface area contributed by atoms with Gasteiger partial charge in [0.05, 0.1) is 0 Å². The Morgan fingerprint density at radius 1 is 1.18 bits per heavy atom. The molecule has 0 amide bonds. The second-order valence-corrected chi connectivity index (χ2v) is 4.16. The maximum atomic E-state index is 11.2. The topological polar surface area (TPSA) is 30.0 Å². The highest BCUT2D eigenvalue weighted by atomic mass is 16.1. The fraction of sp³-hybridized carbons (Fsp3) is 0.200. The van der Waals surface area contributed by atoms with Gasteiger partial charge in [-0.25, -0.2) is 0 Å². The summed E-state index contributed by atoms with van der Waals surface area (Å²) in [5.41, 5.74) is 3.42. The molecule has 0 bridgehead atoms. The van der Waals surface area contributed by atoms with Crippen molar-refractivity contribution in [2.24, 2.45) is 0 Å². The molecule has 1 heterocycles. The molecule has 1 aromatic heterocycles. The highest BCUT2D eigenvalue weighted by molar-refractivity contribution is 5.64. The number of carbonyl (C=O) groups is 1. The first-order chi connectivity index (χ1) is 8.31. The van der Waals surface area contributed by atoms with Crippen molar-refractivity contribution >= 4 is 6.29 Å². The van der Waals surface area contributed by atoms with Crippen LogP contribution in [0.3, 0.4) is 0 Å². The van der Waals surface area contributed by atoms with Gasteiger partial charge in [0.15, 0.2) is 0 Å². The van der Waals surface area contributed by atoms with Crippen molar-refractivity contribution in [2.45, 2.75) is 19.3 Å². The maximum Gasteiger partial charge on any atom is 0.127 e. The highest BCUT2D eigenvalue weighted by Gasteiger charge is 2.12. The Labute approximate surface area is 101 Å². The van der Waals surface area contributed by atoms with Gasteiger partial charge in [0, 0.05) is 18.3 Å². The van der Waals surface area contributed by atoms with E-state index in [4.69, 9.17) is 0 Å². The zero-order chi connectivity index (χ0) is 12.1. The third-order valence-electron chi connectivity index (χ3n) is 2.96. The van der Waals surface area contributed by atoms with Crippen molar-refractivity contribution in [2.75, 3.05) is 0 Å². The largest absolute Gasteiger partial charge is 0.303 e. The third-order valence-corrected chi connectivity index (χ3v) is 2.96. The van der Waals surface area contributed by atoms with Gasteiger partial charge in [0.1, 0.15) is 6.29 Å². The molecule has 17 heavy (non-hydrogen) atoms. The van der Waals surface area contributed by atoms with Gasteiger partial charge in [-0.15, -0.1) is 0 Å². The molecule has 0 fully saturated rings. The summed E-state index contributed by atoms with van der Waals surface area (Å²) >= 11 is 0. The molecule has 0 aliphatic carbocycles. The number of aldehydes is 1. The molecule has 2 aromatic rings. The number of rotatable bonds is 4. The van der Waals surface area contributed by atoms with Crippen LogP contribution in [0.15, 0.2) is 48.8 Å². The Hall–Kier alpha value is -1.96. The minimum atomic E-state index is -0.0707. The van der Waals surface area contributed by atoms with Crippen molar-refractivity contribution in [1.29, 1.82) is 0 Å². The molecule has 86 valence electrons. The van der Waals surface area contributed by atoms with Crippen molar-refractivity contribution in [3.8, 4) is 0 Å². The summed E-state index contributed by atoms with van der Waals surface area (Å²) in [4.78, 5) is 15.2. The zero-order valence-corrected chi connectivity index (χ0v) is 9.84. The predicted molar refractivity (Wildman–Crippen MR) is 67.9 cm³/mol. The first-order valence-electron chi connectivity index (χ1n) is 5.71. The normalized spacial score (nSPS) is 12.1. The van der Waals surface area contributed by atoms with E-state index >= 15 is 0 Å². The molecule has 0 spiro atoms. The second-order valence-electron chi connectivity index (χ2n) is 4.16. The monoisotopic (exact) mass is 225 g/mol. The van der Waals surface area contributed by atoms with Crippen LogP contribution in [-0.2, 0) is 11.2 Å². The summed E-state index contributed by atoms with van der Waals surface area (Å²) in [6.45, 7) is 2.04. The number of carbonyl (C=O) groups excluding carboxylic acids is 1. The number of nitrogens with zero attached hydrogens (tertiary/aromatic N) is 1. The maximum absolute atomic E-state index is 11.2. The molecule has 2 rings (SSSR count). The molecule has 0 N–H and O–H groups in total. The molecule has 0 saturated heterocycles. The lowest BCUT2D eigenvalue weighted by atomic mass is 9.91. The quantitative estimate of drug-likeness (QED) is 0.749. The second kappa shape index (κ2) is 5.39. The number of hydrogen-bond acceptors (Lipinski definition) is 2. The molecule has 1 atom stereocenters. The van der Waals surface area contributed by atoms with Gasteiger partial charge in [-0.2, -0.15) is 0 Å². The number of hydrogen-bond donors (Lipinski definition) is 0. The molecule has 1 unspecified atom stereocenters. The van der Waals surface area contributed by atoms with Gasteiger partial charge >= 0.3 is 0 Å². The van der Waals surface area contributed by atoms with E-state index in [1.54, 1.807) is 12.4 Å². The minimum Gasteiger partial charge on any atom is -0.303 e. The van der Waals surface area contributed by atoms with Gasteiger partial charge in [-0.05, 0) is 42.2 Å². The summed E-state index contributed by atoms with van der Waals surface area (Å²) in [6, 6.07) is 11.9. The number of pyridine rings is 1. The van der Waals surface area contributed by atoms with E-state index in [-0.39, 0.29) is 5.92 Å². The van der Waals surface area contributed by atoms with E-state index in [0.717, 1.165) is 23.8 Å². The van der Waals surface area contributed by atoms with E-state index in [9.17, 15) is 4.79 Å². The van der Waals surface area contributed by atoms with Crippen molar-refractivity contribution < 1.29 is 4.79 Å². The standard InChI is InChI=1S/C15H15NO/c1-12-4-2-3-5-15(12)14(11-17)10-13-6-8-16-9-7-13/h2-9,11,14H,10H2,1H3. The summed E-state index contributed by atoms with van der Waals surface area (Å²) < 4.78 is 0. The van der Waals surface area contributed by atoms with Gasteiger partial charge in [0.25, 0.3) is 0 Å². The summed E-state index contributed by atoms with van der Waals surface area (Å²) in [6.07, 6.45) is 5.28. The van der Waals surface area contributed by atoms with Gasteiger partial charge in [0.2, 0.25) is 0 Å². The molecule has 0 radical (unpaired) electrons. The Balaban J connectivity index is 2.24. The summed E-state index contributed by atoms with van der Waals surface area (Å²) in [5, 5.41) is 0. The molecule has 2 nitrogen and oxygen atoms in total. The number of benzene rings is 1. The molecule has 2 heteroatoms. The van der Waals surface area contributed by atoms with Crippen LogP contribution in [0, 0.1) is 6.92 Å². The van der Waals surface area contributed by atoms with Crippen LogP contribution >= 0.6 is 0 Å². The zero-order valence-electron chi connectivity index (χ0n) is 9.84. The van der Waals surface area contributed by atoms with Crippen LogP contribution in [0.2, 0.25) is 0 Å². The van der Waals surface area contributed by atoms with E-state index in [1.807, 2.05) is 43.3 Å². The molecule has 0 saturated carbocycles. The fourth-order valence-electron chi connectivity index (χ4n) is 2.01. The Morgan fingerprint density at radius 3 is 2.53 bits per heavy atom. The van der Waals surface area contributed by atoms with E-state index in [1.165, 1.54) is 5.56 Å². The molecule has 0 aliphatic rings. The van der Waals surface area contributed by atoms with Gasteiger partial charge < -0.3 is 4.79 Å². The fourth-order valence-corrected chi connectivity index (χ4v) is 2.01. The molecular formula is C15H15NO. The van der Waals surface area contributed by atoms with Crippen molar-refractivity contribution in [3.63, 3.8) is 0 Å². The lowest BCUT2D eigenvalue weighted by Gasteiger charge is -2.13. The van der Waals surface area contributed by atoms with Crippen LogP contribution in [0.4, 0.5) is 0 Å². The predicted octanol–water partition coefficient (Wildman–Crippen LogP) is 2.92. The summed E-state index contributed by atoms with van der Waals surface area (Å²) in [7, 11) is 0. The molecule has 1 aromatic carbocycles. The van der Waals surface area contributed by atoms with Gasteiger partial charge in [-0.1, -0.05) is 24.3 Å².